The van der Waals surface area contributed by atoms with Crippen LogP contribution >= 0.6 is 11.3 Å². The predicted molar refractivity (Wildman–Crippen MR) is 79.7 cm³/mol. The Labute approximate surface area is 121 Å². The Hall–Kier alpha value is -1.66. The highest BCUT2D eigenvalue weighted by Crippen LogP contribution is 2.34. The highest BCUT2D eigenvalue weighted by Gasteiger charge is 2.30. The number of aliphatic hydroxyl groups is 1. The van der Waals surface area contributed by atoms with Gasteiger partial charge in [0.2, 0.25) is 0 Å². The molecule has 1 aliphatic rings. The number of nitrogens with two attached hydrogens (primary N) is 1. The molecule has 2 aromatic heterocycles. The van der Waals surface area contributed by atoms with Crippen molar-refractivity contribution in [1.29, 1.82) is 0 Å². The molecule has 20 heavy (non-hydrogen) atoms. The molecule has 0 bridgehead atoms. The third-order valence-electron chi connectivity index (χ3n) is 3.82. The van der Waals surface area contributed by atoms with Gasteiger partial charge >= 0.3 is 0 Å². The van der Waals surface area contributed by atoms with Gasteiger partial charge in [0.1, 0.15) is 4.88 Å². The van der Waals surface area contributed by atoms with Crippen LogP contribution in [0.25, 0.3) is 10.1 Å². The molecule has 0 unspecified atom stereocenters. The second kappa shape index (κ2) is 5.03. The number of hydrogen-bond acceptors (Lipinski definition) is 5. The molecule has 3 N–H and O–H groups in total. The van der Waals surface area contributed by atoms with Gasteiger partial charge in [-0.15, -0.1) is 11.3 Å². The van der Waals surface area contributed by atoms with Crippen LogP contribution in [0.4, 0.5) is 5.69 Å². The SMILES string of the molecule is CN(CC1CC(O)C1)C(=O)c1sc2cnccc2c1N. The van der Waals surface area contributed by atoms with Gasteiger partial charge in [-0.05, 0) is 24.8 Å². The van der Waals surface area contributed by atoms with E-state index in [9.17, 15) is 9.90 Å². The molecule has 1 aliphatic carbocycles. The number of anilines is 1. The van der Waals surface area contributed by atoms with E-state index < -0.39 is 0 Å². The van der Waals surface area contributed by atoms with E-state index in [-0.39, 0.29) is 12.0 Å². The molecular weight excluding hydrogens is 274 g/mol. The van der Waals surface area contributed by atoms with Gasteiger partial charge in [-0.25, -0.2) is 0 Å². The summed E-state index contributed by atoms with van der Waals surface area (Å²) < 4.78 is 0.931. The van der Waals surface area contributed by atoms with Gasteiger partial charge in [-0.1, -0.05) is 0 Å². The van der Waals surface area contributed by atoms with Gasteiger partial charge in [-0.2, -0.15) is 0 Å². The maximum atomic E-state index is 12.5. The van der Waals surface area contributed by atoms with Gasteiger partial charge in [0.05, 0.1) is 16.5 Å². The first-order valence-electron chi connectivity index (χ1n) is 6.61. The first-order chi connectivity index (χ1) is 9.56. The Balaban J connectivity index is 1.79. The van der Waals surface area contributed by atoms with Gasteiger partial charge in [-0.3, -0.25) is 9.78 Å². The molecule has 0 spiro atoms. The van der Waals surface area contributed by atoms with Crippen LogP contribution in [-0.2, 0) is 0 Å². The number of thiophene rings is 1. The number of aromatic nitrogens is 1. The van der Waals surface area contributed by atoms with E-state index in [1.165, 1.54) is 11.3 Å². The molecule has 2 heterocycles. The fraction of sp³-hybridized carbons (Fsp3) is 0.429. The van der Waals surface area contributed by atoms with E-state index in [0.29, 0.717) is 23.0 Å². The number of carbonyl (C=O) groups is 1. The Morgan fingerprint density at radius 3 is 3.00 bits per heavy atom. The van der Waals surface area contributed by atoms with E-state index in [4.69, 9.17) is 5.73 Å². The van der Waals surface area contributed by atoms with Crippen LogP contribution in [0, 0.1) is 5.92 Å². The molecular formula is C14H17N3O2S. The van der Waals surface area contributed by atoms with Crippen molar-refractivity contribution in [3.05, 3.63) is 23.3 Å². The van der Waals surface area contributed by atoms with Crippen molar-refractivity contribution < 1.29 is 9.90 Å². The molecule has 1 saturated carbocycles. The minimum Gasteiger partial charge on any atom is -0.397 e. The smallest absolute Gasteiger partial charge is 0.265 e. The molecule has 6 heteroatoms. The summed E-state index contributed by atoms with van der Waals surface area (Å²) in [5.41, 5.74) is 6.61. The lowest BCUT2D eigenvalue weighted by molar-refractivity contribution is 0.0267. The summed E-state index contributed by atoms with van der Waals surface area (Å²) in [5.74, 6) is 0.348. The topological polar surface area (TPSA) is 79.5 Å². The number of hydrogen-bond donors (Lipinski definition) is 2. The third-order valence-corrected chi connectivity index (χ3v) is 4.96. The lowest BCUT2D eigenvalue weighted by Gasteiger charge is -2.34. The summed E-state index contributed by atoms with van der Waals surface area (Å²) in [7, 11) is 1.79. The number of amides is 1. The van der Waals surface area contributed by atoms with E-state index in [0.717, 1.165) is 22.9 Å². The first-order valence-corrected chi connectivity index (χ1v) is 7.43. The molecule has 0 saturated heterocycles. The van der Waals surface area contributed by atoms with Gasteiger partial charge in [0, 0.05) is 31.4 Å². The summed E-state index contributed by atoms with van der Waals surface area (Å²) in [5, 5.41) is 10.2. The zero-order valence-corrected chi connectivity index (χ0v) is 12.1. The molecule has 106 valence electrons. The number of nitrogen functional groups attached to an aromatic ring is 1. The highest BCUT2D eigenvalue weighted by molar-refractivity contribution is 7.21. The van der Waals surface area contributed by atoms with Gasteiger partial charge in [0.15, 0.2) is 0 Å². The molecule has 1 amide bonds. The maximum absolute atomic E-state index is 12.5. The van der Waals surface area contributed by atoms with Crippen molar-refractivity contribution in [2.75, 3.05) is 19.3 Å². The Morgan fingerprint density at radius 1 is 1.60 bits per heavy atom. The minimum absolute atomic E-state index is 0.0508. The standard InChI is InChI=1S/C14H17N3O2S/c1-17(7-8-4-9(18)5-8)14(19)13-12(15)10-2-3-16-6-11(10)20-13/h2-3,6,8-9,18H,4-5,7,15H2,1H3. The molecule has 3 rings (SSSR count). The normalized spacial score (nSPS) is 21.7. The summed E-state index contributed by atoms with van der Waals surface area (Å²) in [6.45, 7) is 0.668. The maximum Gasteiger partial charge on any atom is 0.265 e. The third kappa shape index (κ3) is 2.25. The molecule has 5 nitrogen and oxygen atoms in total. The minimum atomic E-state index is -0.191. The number of pyridine rings is 1. The van der Waals surface area contributed by atoms with Crippen molar-refractivity contribution in [3.63, 3.8) is 0 Å². The number of carbonyl (C=O) groups excluding carboxylic acids is 1. The largest absolute Gasteiger partial charge is 0.397 e. The lowest BCUT2D eigenvalue weighted by atomic mass is 9.82. The molecule has 0 radical (unpaired) electrons. The lowest BCUT2D eigenvalue weighted by Crippen LogP contribution is -2.39. The molecule has 0 aromatic carbocycles. The number of aliphatic hydroxyl groups excluding tert-OH is 1. The molecule has 0 aliphatic heterocycles. The Morgan fingerprint density at radius 2 is 2.35 bits per heavy atom. The van der Waals surface area contributed by atoms with Crippen LogP contribution in [0.5, 0.6) is 0 Å². The number of nitrogens with zero attached hydrogens (tertiary/aromatic N) is 2. The van der Waals surface area contributed by atoms with Crippen LogP contribution in [0.3, 0.4) is 0 Å². The summed E-state index contributed by atoms with van der Waals surface area (Å²) in [6.07, 6.45) is 4.78. The first kappa shape index (κ1) is 13.3. The molecule has 1 fully saturated rings. The van der Waals surface area contributed by atoms with Crippen LogP contribution in [0.1, 0.15) is 22.5 Å². The predicted octanol–water partition coefficient (Wildman–Crippen LogP) is 1.72. The quantitative estimate of drug-likeness (QED) is 0.902. The fourth-order valence-electron chi connectivity index (χ4n) is 2.62. The van der Waals surface area contributed by atoms with Crippen molar-refractivity contribution >= 4 is 33.0 Å². The Kier molecular flexibility index (Phi) is 3.35. The van der Waals surface area contributed by atoms with Crippen molar-refractivity contribution in [3.8, 4) is 0 Å². The van der Waals surface area contributed by atoms with E-state index >= 15 is 0 Å². The van der Waals surface area contributed by atoms with Crippen molar-refractivity contribution in [2.24, 2.45) is 5.92 Å². The summed E-state index contributed by atoms with van der Waals surface area (Å²) in [6, 6.07) is 1.83. The van der Waals surface area contributed by atoms with Gasteiger partial charge < -0.3 is 15.7 Å². The second-order valence-electron chi connectivity index (χ2n) is 5.39. The molecule has 2 aromatic rings. The van der Waals surface area contributed by atoms with Crippen molar-refractivity contribution in [2.45, 2.75) is 18.9 Å². The summed E-state index contributed by atoms with van der Waals surface area (Å²) in [4.78, 5) is 18.8. The fourth-order valence-corrected chi connectivity index (χ4v) is 3.71. The average Bonchev–Trinajstić information content (AvgIpc) is 2.74. The number of rotatable bonds is 3. The summed E-state index contributed by atoms with van der Waals surface area (Å²) >= 11 is 1.39. The molecule has 0 atom stereocenters. The van der Waals surface area contributed by atoms with Crippen LogP contribution in [0.15, 0.2) is 18.5 Å². The van der Waals surface area contributed by atoms with E-state index in [2.05, 4.69) is 4.98 Å². The monoisotopic (exact) mass is 291 g/mol. The van der Waals surface area contributed by atoms with E-state index in [1.807, 2.05) is 6.07 Å². The Bertz CT molecular complexity index is 649. The average molecular weight is 291 g/mol. The van der Waals surface area contributed by atoms with Gasteiger partial charge in [0.25, 0.3) is 5.91 Å². The number of fused-ring (bicyclic) bond motifs is 1. The van der Waals surface area contributed by atoms with Crippen LogP contribution < -0.4 is 5.73 Å². The van der Waals surface area contributed by atoms with Crippen molar-refractivity contribution in [1.82, 2.24) is 9.88 Å². The van der Waals surface area contributed by atoms with Crippen LogP contribution in [-0.4, -0.2) is 40.6 Å². The highest BCUT2D eigenvalue weighted by atomic mass is 32.1. The van der Waals surface area contributed by atoms with Crippen LogP contribution in [0.2, 0.25) is 0 Å². The zero-order valence-electron chi connectivity index (χ0n) is 11.2. The zero-order chi connectivity index (χ0) is 14.3. The second-order valence-corrected chi connectivity index (χ2v) is 6.45. The van der Waals surface area contributed by atoms with E-state index in [1.54, 1.807) is 24.3 Å².